The van der Waals surface area contributed by atoms with Crippen molar-refractivity contribution < 1.29 is 18.7 Å². The van der Waals surface area contributed by atoms with Crippen LogP contribution in [0.4, 0.5) is 20.7 Å². The minimum absolute atomic E-state index is 0.138. The van der Waals surface area contributed by atoms with Gasteiger partial charge in [0, 0.05) is 35.5 Å². The van der Waals surface area contributed by atoms with Crippen molar-refractivity contribution in [3.63, 3.8) is 0 Å². The maximum Gasteiger partial charge on any atom is 0.412 e. The lowest BCUT2D eigenvalue weighted by Gasteiger charge is -2.21. The summed E-state index contributed by atoms with van der Waals surface area (Å²) in [5.41, 5.74) is 2.59. The number of pyridine rings is 2. The van der Waals surface area contributed by atoms with Crippen LogP contribution in [0.15, 0.2) is 30.6 Å². The fraction of sp³-hybridized carbons (Fsp3) is 0.348. The van der Waals surface area contributed by atoms with Crippen molar-refractivity contribution in [2.24, 2.45) is 5.41 Å². The van der Waals surface area contributed by atoms with Crippen LogP contribution in [0.25, 0.3) is 21.9 Å². The molecule has 7 nitrogen and oxygen atoms in total. The van der Waals surface area contributed by atoms with Crippen LogP contribution in [0.2, 0.25) is 0 Å². The van der Waals surface area contributed by atoms with E-state index in [1.54, 1.807) is 18.3 Å². The first-order valence-electron chi connectivity index (χ1n) is 10.1. The third kappa shape index (κ3) is 4.52. The molecular weight excluding hydrogens is 399 g/mol. The van der Waals surface area contributed by atoms with Crippen molar-refractivity contribution >= 4 is 28.4 Å². The molecule has 0 atom stereocenters. The zero-order valence-electron chi connectivity index (χ0n) is 18.0. The van der Waals surface area contributed by atoms with E-state index in [1.807, 2.05) is 27.7 Å². The van der Waals surface area contributed by atoms with Crippen LogP contribution in [0.5, 0.6) is 5.88 Å². The van der Waals surface area contributed by atoms with Gasteiger partial charge < -0.3 is 14.8 Å². The summed E-state index contributed by atoms with van der Waals surface area (Å²) in [7, 11) is 0. The molecule has 162 valence electrons. The molecule has 1 aromatic carbocycles. The van der Waals surface area contributed by atoms with Gasteiger partial charge in [-0.2, -0.15) is 0 Å². The molecule has 0 bridgehead atoms. The number of anilines is 2. The topological polar surface area (TPSA) is 85.4 Å². The summed E-state index contributed by atoms with van der Waals surface area (Å²) in [6.07, 6.45) is 2.56. The van der Waals surface area contributed by atoms with Gasteiger partial charge >= 0.3 is 6.09 Å². The first kappa shape index (κ1) is 20.8. The lowest BCUT2D eigenvalue weighted by atomic mass is 9.98. The minimum atomic E-state index is -0.579. The molecule has 1 amide bonds. The quantitative estimate of drug-likeness (QED) is 0.605. The van der Waals surface area contributed by atoms with Gasteiger partial charge in [0.25, 0.3) is 0 Å². The Morgan fingerprint density at radius 2 is 2.00 bits per heavy atom. The molecule has 1 aliphatic rings. The number of nitrogens with zero attached hydrogens (tertiary/aromatic N) is 2. The monoisotopic (exact) mass is 424 g/mol. The maximum atomic E-state index is 14.9. The van der Waals surface area contributed by atoms with E-state index >= 15 is 0 Å². The van der Waals surface area contributed by atoms with E-state index in [1.165, 1.54) is 12.3 Å². The van der Waals surface area contributed by atoms with Crippen molar-refractivity contribution in [3.8, 4) is 17.0 Å². The van der Waals surface area contributed by atoms with E-state index in [-0.39, 0.29) is 17.8 Å². The molecule has 0 saturated heterocycles. The van der Waals surface area contributed by atoms with Gasteiger partial charge in [0.1, 0.15) is 23.9 Å². The van der Waals surface area contributed by atoms with Gasteiger partial charge in [0.05, 0.1) is 6.61 Å². The molecule has 0 unspecified atom stereocenters. The number of fused-ring (bicyclic) bond motifs is 2. The Balaban J connectivity index is 1.65. The molecule has 0 spiro atoms. The van der Waals surface area contributed by atoms with Crippen LogP contribution in [0, 0.1) is 18.2 Å². The molecular formula is C23H25FN4O3. The van der Waals surface area contributed by atoms with Crippen molar-refractivity contribution in [1.29, 1.82) is 0 Å². The number of halogens is 1. The average Bonchev–Trinajstić information content (AvgIpc) is 2.72. The van der Waals surface area contributed by atoms with Crippen molar-refractivity contribution in [2.45, 2.75) is 27.7 Å². The fourth-order valence-corrected chi connectivity index (χ4v) is 3.36. The molecule has 0 fully saturated rings. The van der Waals surface area contributed by atoms with Gasteiger partial charge in [-0.3, -0.25) is 5.32 Å². The zero-order chi connectivity index (χ0) is 22.2. The maximum absolute atomic E-state index is 14.9. The van der Waals surface area contributed by atoms with E-state index in [0.29, 0.717) is 41.4 Å². The molecule has 4 rings (SSSR count). The molecule has 1 aliphatic heterocycles. The molecule has 2 N–H and O–H groups in total. The second-order valence-corrected chi connectivity index (χ2v) is 8.76. The van der Waals surface area contributed by atoms with Crippen LogP contribution < -0.4 is 15.4 Å². The largest absolute Gasteiger partial charge is 0.474 e. The highest BCUT2D eigenvalue weighted by Gasteiger charge is 2.19. The highest BCUT2D eigenvalue weighted by molar-refractivity contribution is 5.92. The standard InChI is InChI=1S/C23H25FN4O3/c1-13-17(11-27-21-20(13)25-5-6-30-21)16-7-14-9-19(26-10-15(14)8-18(16)24)28-22(29)31-12-23(2,3)4/h7-11,25H,5-6,12H2,1-4H3,(H,26,28,29). The molecule has 2 aromatic heterocycles. The number of aromatic nitrogens is 2. The van der Waals surface area contributed by atoms with E-state index < -0.39 is 6.09 Å². The smallest absolute Gasteiger partial charge is 0.412 e. The first-order chi connectivity index (χ1) is 14.7. The Labute approximate surface area is 180 Å². The van der Waals surface area contributed by atoms with Crippen LogP contribution in [0.3, 0.4) is 0 Å². The lowest BCUT2D eigenvalue weighted by Crippen LogP contribution is -2.22. The second-order valence-electron chi connectivity index (χ2n) is 8.76. The molecule has 8 heteroatoms. The summed E-state index contributed by atoms with van der Waals surface area (Å²) in [6.45, 7) is 9.34. The van der Waals surface area contributed by atoms with E-state index in [2.05, 4.69) is 20.6 Å². The van der Waals surface area contributed by atoms with E-state index in [9.17, 15) is 9.18 Å². The third-order valence-corrected chi connectivity index (χ3v) is 4.91. The summed E-state index contributed by atoms with van der Waals surface area (Å²) in [5.74, 6) is 0.485. The van der Waals surface area contributed by atoms with Gasteiger partial charge in [-0.15, -0.1) is 0 Å². The molecule has 0 saturated carbocycles. The van der Waals surface area contributed by atoms with Crippen LogP contribution in [-0.4, -0.2) is 35.8 Å². The molecule has 0 radical (unpaired) electrons. The highest BCUT2D eigenvalue weighted by Crippen LogP contribution is 2.37. The van der Waals surface area contributed by atoms with Crippen molar-refractivity contribution in [2.75, 3.05) is 30.4 Å². The number of ether oxygens (including phenoxy) is 2. The van der Waals surface area contributed by atoms with Gasteiger partial charge in [0.2, 0.25) is 5.88 Å². The average molecular weight is 424 g/mol. The Hall–Kier alpha value is -3.42. The van der Waals surface area contributed by atoms with Crippen LogP contribution in [0.1, 0.15) is 26.3 Å². The van der Waals surface area contributed by atoms with Crippen LogP contribution in [-0.2, 0) is 4.74 Å². The van der Waals surface area contributed by atoms with Gasteiger partial charge in [-0.05, 0) is 41.5 Å². The van der Waals surface area contributed by atoms with Gasteiger partial charge in [-0.1, -0.05) is 20.8 Å². The first-order valence-corrected chi connectivity index (χ1v) is 10.1. The highest BCUT2D eigenvalue weighted by atomic mass is 19.1. The summed E-state index contributed by atoms with van der Waals surface area (Å²) < 4.78 is 25.7. The fourth-order valence-electron chi connectivity index (χ4n) is 3.36. The Kier molecular flexibility index (Phi) is 5.39. The predicted octanol–water partition coefficient (Wildman–Crippen LogP) is 5.14. The summed E-state index contributed by atoms with van der Waals surface area (Å²) in [4.78, 5) is 20.6. The molecule has 0 aliphatic carbocycles. The summed E-state index contributed by atoms with van der Waals surface area (Å²) in [6, 6.07) is 4.86. The Bertz CT molecular complexity index is 1160. The Morgan fingerprint density at radius 1 is 1.19 bits per heavy atom. The lowest BCUT2D eigenvalue weighted by molar-refractivity contribution is 0.118. The normalized spacial score (nSPS) is 13.2. The third-order valence-electron chi connectivity index (χ3n) is 4.91. The number of benzene rings is 1. The van der Waals surface area contributed by atoms with Crippen molar-refractivity contribution in [3.05, 3.63) is 42.0 Å². The number of amides is 1. The number of hydrogen-bond acceptors (Lipinski definition) is 6. The summed E-state index contributed by atoms with van der Waals surface area (Å²) >= 11 is 0. The predicted molar refractivity (Wildman–Crippen MR) is 118 cm³/mol. The zero-order valence-corrected chi connectivity index (χ0v) is 18.0. The van der Waals surface area contributed by atoms with Gasteiger partial charge in [0.15, 0.2) is 0 Å². The number of rotatable bonds is 3. The van der Waals surface area contributed by atoms with Crippen molar-refractivity contribution in [1.82, 2.24) is 9.97 Å². The Morgan fingerprint density at radius 3 is 2.77 bits per heavy atom. The minimum Gasteiger partial charge on any atom is -0.474 e. The van der Waals surface area contributed by atoms with Gasteiger partial charge in [-0.25, -0.2) is 19.2 Å². The number of hydrogen-bond donors (Lipinski definition) is 2. The summed E-state index contributed by atoms with van der Waals surface area (Å²) in [5, 5.41) is 7.26. The molecule has 3 aromatic rings. The molecule has 31 heavy (non-hydrogen) atoms. The van der Waals surface area contributed by atoms with E-state index in [0.717, 1.165) is 16.6 Å². The number of carbonyl (C=O) groups is 1. The second kappa shape index (κ2) is 8.02. The van der Waals surface area contributed by atoms with Crippen LogP contribution >= 0.6 is 0 Å². The number of nitrogens with one attached hydrogen (secondary N) is 2. The number of carbonyl (C=O) groups excluding carboxylic acids is 1. The molecule has 3 heterocycles. The van der Waals surface area contributed by atoms with E-state index in [4.69, 9.17) is 9.47 Å². The SMILES string of the molecule is Cc1c(-c2cc3cc(NC(=O)OCC(C)(C)C)ncc3cc2F)cnc2c1NCCO2.